The summed E-state index contributed by atoms with van der Waals surface area (Å²) in [6.07, 6.45) is 7.74. The average Bonchev–Trinajstić information content (AvgIpc) is 2.97. The zero-order valence-electron chi connectivity index (χ0n) is 13.7. The van der Waals surface area contributed by atoms with Crippen molar-refractivity contribution >= 4 is 0 Å². The molecule has 1 aromatic heterocycles. The summed E-state index contributed by atoms with van der Waals surface area (Å²) >= 11 is 0. The minimum absolute atomic E-state index is 0.261. The molecule has 1 N–H and O–H groups in total. The number of hydrogen-bond acceptors (Lipinski definition) is 3. The first-order chi connectivity index (χ1) is 11.7. The Balaban J connectivity index is 1.54. The summed E-state index contributed by atoms with van der Waals surface area (Å²) in [5.74, 6) is 0.305. The van der Waals surface area contributed by atoms with Gasteiger partial charge in [0.2, 0.25) is 5.89 Å². The number of benzene rings is 1. The van der Waals surface area contributed by atoms with Gasteiger partial charge in [0, 0.05) is 11.5 Å². The quantitative estimate of drug-likeness (QED) is 0.933. The number of nitrogens with one attached hydrogen (secondary N) is 1. The van der Waals surface area contributed by atoms with Crippen LogP contribution >= 0.6 is 0 Å². The first-order valence-electron chi connectivity index (χ1n) is 8.89. The second-order valence-electron chi connectivity index (χ2n) is 7.04. The molecule has 2 aromatic rings. The Hall–Kier alpha value is -1.95. The van der Waals surface area contributed by atoms with Crippen LogP contribution in [0.1, 0.15) is 38.5 Å². The molecule has 1 aliphatic heterocycles. The maximum Gasteiger partial charge on any atom is 0.442 e. The van der Waals surface area contributed by atoms with E-state index in [4.69, 9.17) is 4.42 Å². The van der Waals surface area contributed by atoms with E-state index in [0.717, 1.165) is 12.5 Å². The number of quaternary nitrogens is 1. The minimum atomic E-state index is -0.431. The smallest absolute Gasteiger partial charge is 0.387 e. The summed E-state index contributed by atoms with van der Waals surface area (Å²) in [7, 11) is 0. The van der Waals surface area contributed by atoms with Crippen molar-refractivity contribution in [2.45, 2.75) is 51.2 Å². The van der Waals surface area contributed by atoms with Gasteiger partial charge < -0.3 is 9.32 Å². The van der Waals surface area contributed by atoms with Gasteiger partial charge in [-0.2, -0.15) is 0 Å². The predicted molar refractivity (Wildman–Crippen MR) is 87.0 cm³/mol. The van der Waals surface area contributed by atoms with Gasteiger partial charge in [0.05, 0.1) is 12.6 Å². The molecule has 24 heavy (non-hydrogen) atoms. The van der Waals surface area contributed by atoms with Crippen molar-refractivity contribution in [3.8, 4) is 11.5 Å². The summed E-state index contributed by atoms with van der Waals surface area (Å²) in [6, 6.07) is 6.49. The predicted octanol–water partition coefficient (Wildman–Crippen LogP) is 1.84. The summed E-state index contributed by atoms with van der Waals surface area (Å²) in [6.45, 7) is 1.65. The molecule has 128 valence electrons. The average molecular weight is 332 g/mol. The van der Waals surface area contributed by atoms with E-state index in [1.807, 2.05) is 0 Å². The molecule has 2 fully saturated rings. The van der Waals surface area contributed by atoms with Crippen LogP contribution in [0.5, 0.6) is 0 Å². The number of halogens is 1. The first kappa shape index (κ1) is 15.6. The van der Waals surface area contributed by atoms with E-state index < -0.39 is 5.76 Å². The third-order valence-corrected chi connectivity index (χ3v) is 5.56. The number of rotatable bonds is 3. The number of aromatic nitrogens is 2. The molecule has 5 nitrogen and oxygen atoms in total. The van der Waals surface area contributed by atoms with E-state index in [1.54, 1.807) is 12.1 Å². The summed E-state index contributed by atoms with van der Waals surface area (Å²) < 4.78 is 19.7. The van der Waals surface area contributed by atoms with E-state index in [-0.39, 0.29) is 11.7 Å². The van der Waals surface area contributed by atoms with Crippen molar-refractivity contribution in [3.05, 3.63) is 40.6 Å². The van der Waals surface area contributed by atoms with E-state index >= 15 is 0 Å². The Morgan fingerprint density at radius 1 is 1.17 bits per heavy atom. The van der Waals surface area contributed by atoms with Crippen molar-refractivity contribution in [3.63, 3.8) is 0 Å². The second-order valence-corrected chi connectivity index (χ2v) is 7.04. The fourth-order valence-electron chi connectivity index (χ4n) is 4.37. The van der Waals surface area contributed by atoms with Crippen molar-refractivity contribution in [2.75, 3.05) is 6.54 Å². The van der Waals surface area contributed by atoms with Gasteiger partial charge in [0.25, 0.3) is 0 Å². The molecule has 1 unspecified atom stereocenters. The van der Waals surface area contributed by atoms with E-state index in [9.17, 15) is 9.18 Å². The highest BCUT2D eigenvalue weighted by Gasteiger charge is 2.37. The number of nitrogens with zero attached hydrogens (tertiary/aromatic N) is 2. The highest BCUT2D eigenvalue weighted by atomic mass is 19.1. The van der Waals surface area contributed by atoms with Crippen LogP contribution in [0.4, 0.5) is 4.39 Å². The number of hydrogen-bond donors (Lipinski definition) is 1. The lowest BCUT2D eigenvalue weighted by atomic mass is 9.78. The Kier molecular flexibility index (Phi) is 4.22. The van der Waals surface area contributed by atoms with Gasteiger partial charge in [0.1, 0.15) is 5.82 Å². The largest absolute Gasteiger partial charge is 0.442 e. The summed E-state index contributed by atoms with van der Waals surface area (Å²) in [4.78, 5) is 13.6. The van der Waals surface area contributed by atoms with Crippen LogP contribution in [0, 0.1) is 11.7 Å². The van der Waals surface area contributed by atoms with Gasteiger partial charge >= 0.3 is 5.76 Å². The Morgan fingerprint density at radius 2 is 1.92 bits per heavy atom. The molecule has 0 bridgehead atoms. The fraction of sp³-hybridized carbons (Fsp3) is 0.556. The van der Waals surface area contributed by atoms with Crippen molar-refractivity contribution in [1.29, 1.82) is 0 Å². The lowest BCUT2D eigenvalue weighted by Gasteiger charge is -2.40. The van der Waals surface area contributed by atoms with Crippen molar-refractivity contribution in [1.82, 2.24) is 9.78 Å². The van der Waals surface area contributed by atoms with Crippen molar-refractivity contribution < 1.29 is 13.7 Å². The van der Waals surface area contributed by atoms with Gasteiger partial charge in [-0.25, -0.2) is 9.18 Å². The molecule has 0 spiro atoms. The lowest BCUT2D eigenvalue weighted by molar-refractivity contribution is -0.958. The van der Waals surface area contributed by atoms with Crippen LogP contribution in [0.25, 0.3) is 11.5 Å². The molecular formula is C18H23FN3O2+. The normalized spacial score (nSPS) is 27.0. The van der Waals surface area contributed by atoms with Crippen LogP contribution in [-0.2, 0) is 6.67 Å². The van der Waals surface area contributed by atoms with Gasteiger partial charge in [-0.15, -0.1) is 9.78 Å². The second kappa shape index (κ2) is 6.51. The van der Waals surface area contributed by atoms with Crippen LogP contribution < -0.4 is 10.7 Å². The van der Waals surface area contributed by atoms with E-state index in [2.05, 4.69) is 5.10 Å². The van der Waals surface area contributed by atoms with E-state index in [1.165, 1.54) is 60.2 Å². The topological polar surface area (TPSA) is 52.5 Å². The standard InChI is InChI=1S/C18H22FN3O2/c19-15-9-7-14(8-10-15)17-20-22(18(23)24-17)12-21-11-3-5-13-4-1-2-6-16(13)21/h7-10,13,16H,1-6,11-12H2/p+1/t13-,16+/m1/s1. The zero-order chi connectivity index (χ0) is 16.5. The molecule has 1 saturated heterocycles. The van der Waals surface area contributed by atoms with E-state index in [0.29, 0.717) is 18.3 Å². The third kappa shape index (κ3) is 3.02. The monoisotopic (exact) mass is 332 g/mol. The van der Waals surface area contributed by atoms with Gasteiger partial charge in [-0.3, -0.25) is 0 Å². The first-order valence-corrected chi connectivity index (χ1v) is 8.89. The Labute approximate surface area is 140 Å². The molecule has 1 aliphatic carbocycles. The Morgan fingerprint density at radius 3 is 2.75 bits per heavy atom. The van der Waals surface area contributed by atoms with Gasteiger partial charge in [0.15, 0.2) is 6.67 Å². The van der Waals surface area contributed by atoms with Gasteiger partial charge in [-0.1, -0.05) is 6.42 Å². The highest BCUT2D eigenvalue weighted by molar-refractivity contribution is 5.51. The maximum absolute atomic E-state index is 13.0. The zero-order valence-corrected chi connectivity index (χ0v) is 13.7. The fourth-order valence-corrected chi connectivity index (χ4v) is 4.37. The van der Waals surface area contributed by atoms with Crippen LogP contribution in [0.15, 0.2) is 33.5 Å². The molecule has 6 heteroatoms. The number of piperidine rings is 1. The number of likely N-dealkylation sites (tertiary alicyclic amines) is 1. The number of fused-ring (bicyclic) bond motifs is 1. The molecule has 1 aromatic carbocycles. The molecule has 3 atom stereocenters. The van der Waals surface area contributed by atoms with Crippen LogP contribution in [-0.4, -0.2) is 22.4 Å². The van der Waals surface area contributed by atoms with Crippen LogP contribution in [0.3, 0.4) is 0 Å². The summed E-state index contributed by atoms with van der Waals surface area (Å²) in [5.41, 5.74) is 0.622. The van der Waals surface area contributed by atoms with Crippen molar-refractivity contribution in [2.24, 2.45) is 5.92 Å². The summed E-state index contributed by atoms with van der Waals surface area (Å²) in [5, 5.41) is 4.34. The highest BCUT2D eigenvalue weighted by Crippen LogP contribution is 2.28. The van der Waals surface area contributed by atoms with Gasteiger partial charge in [-0.05, 0) is 56.4 Å². The molecule has 0 radical (unpaired) electrons. The molecular weight excluding hydrogens is 309 g/mol. The molecule has 2 aliphatic rings. The minimum Gasteiger partial charge on any atom is -0.387 e. The molecule has 2 heterocycles. The maximum atomic E-state index is 13.0. The lowest BCUT2D eigenvalue weighted by Crippen LogP contribution is -3.17. The third-order valence-electron chi connectivity index (χ3n) is 5.56. The Bertz CT molecular complexity index is 750. The van der Waals surface area contributed by atoms with Crippen LogP contribution in [0.2, 0.25) is 0 Å². The molecule has 1 saturated carbocycles. The molecule has 4 rings (SSSR count). The molecule has 0 amide bonds. The SMILES string of the molecule is O=c1oc(-c2ccc(F)cc2)nn1C[NH+]1CCC[C@H]2CCCC[C@@H]21.